The quantitative estimate of drug-likeness (QED) is 0.444. The molecule has 0 unspecified atom stereocenters. The second kappa shape index (κ2) is 4.91. The van der Waals surface area contributed by atoms with E-state index in [2.05, 4.69) is 9.03 Å². The molecular formula is C10H11NO3S. The van der Waals surface area contributed by atoms with Crippen LogP contribution in [0.5, 0.6) is 0 Å². The zero-order chi connectivity index (χ0) is 11.3. The maximum absolute atomic E-state index is 11.5. The van der Waals surface area contributed by atoms with Gasteiger partial charge in [0.05, 0.1) is 4.90 Å². The summed E-state index contributed by atoms with van der Waals surface area (Å²) >= 11 is 0. The van der Waals surface area contributed by atoms with Crippen molar-refractivity contribution in [3.63, 3.8) is 0 Å². The number of hydrogen-bond acceptors (Lipinski definition) is 3. The van der Waals surface area contributed by atoms with E-state index in [1.807, 2.05) is 6.92 Å². The Balaban J connectivity index is 2.79. The molecule has 0 aliphatic rings. The zero-order valence-corrected chi connectivity index (χ0v) is 9.12. The predicted molar refractivity (Wildman–Crippen MR) is 55.8 cm³/mol. The molecule has 1 aromatic carbocycles. The third-order valence-corrected chi connectivity index (χ3v) is 3.08. The Morgan fingerprint density at radius 3 is 2.47 bits per heavy atom. The van der Waals surface area contributed by atoms with Gasteiger partial charge in [-0.1, -0.05) is 17.7 Å². The molecule has 0 spiro atoms. The lowest BCUT2D eigenvalue weighted by molar-refractivity contribution is 0.334. The fourth-order valence-corrected chi connectivity index (χ4v) is 1.87. The van der Waals surface area contributed by atoms with Crippen molar-refractivity contribution in [2.24, 2.45) is 0 Å². The first kappa shape index (κ1) is 11.7. The minimum absolute atomic E-state index is 0.0467. The third kappa shape index (κ3) is 3.35. The van der Waals surface area contributed by atoms with Crippen LogP contribution in [0.4, 0.5) is 0 Å². The van der Waals surface area contributed by atoms with Crippen LogP contribution in [0.3, 0.4) is 0 Å². The molecule has 0 N–H and O–H groups in total. The summed E-state index contributed by atoms with van der Waals surface area (Å²) < 4.78 is 27.6. The molecule has 0 aliphatic heterocycles. The number of benzene rings is 1. The highest BCUT2D eigenvalue weighted by atomic mass is 32.2. The highest BCUT2D eigenvalue weighted by molar-refractivity contribution is 7.86. The summed E-state index contributed by atoms with van der Waals surface area (Å²) in [5.41, 5.74) is 0.982. The van der Waals surface area contributed by atoms with Gasteiger partial charge < -0.3 is 4.85 Å². The molecule has 0 fully saturated rings. The van der Waals surface area contributed by atoms with Crippen molar-refractivity contribution in [3.05, 3.63) is 41.2 Å². The minimum atomic E-state index is -3.69. The lowest BCUT2D eigenvalue weighted by atomic mass is 10.2. The van der Waals surface area contributed by atoms with E-state index in [9.17, 15) is 8.42 Å². The van der Waals surface area contributed by atoms with E-state index >= 15 is 0 Å². The summed E-state index contributed by atoms with van der Waals surface area (Å²) in [4.78, 5) is 3.13. The van der Waals surface area contributed by atoms with Gasteiger partial charge in [-0.3, -0.25) is 4.18 Å². The second-order valence-corrected chi connectivity index (χ2v) is 4.59. The van der Waals surface area contributed by atoms with Crippen molar-refractivity contribution < 1.29 is 12.6 Å². The monoisotopic (exact) mass is 225 g/mol. The van der Waals surface area contributed by atoms with Crippen molar-refractivity contribution in [2.75, 3.05) is 13.2 Å². The number of aryl methyl sites for hydroxylation is 1. The van der Waals surface area contributed by atoms with Gasteiger partial charge in [0.1, 0.15) is 6.61 Å². The van der Waals surface area contributed by atoms with E-state index in [1.165, 1.54) is 12.1 Å². The first-order chi connectivity index (χ1) is 7.06. The van der Waals surface area contributed by atoms with E-state index in [0.717, 1.165) is 5.56 Å². The van der Waals surface area contributed by atoms with Gasteiger partial charge in [-0.25, -0.2) is 6.57 Å². The fraction of sp³-hybridized carbons (Fsp3) is 0.300. The van der Waals surface area contributed by atoms with Crippen molar-refractivity contribution in [1.82, 2.24) is 0 Å². The van der Waals surface area contributed by atoms with Gasteiger partial charge in [-0.2, -0.15) is 8.42 Å². The van der Waals surface area contributed by atoms with Crippen molar-refractivity contribution in [2.45, 2.75) is 11.8 Å². The van der Waals surface area contributed by atoms with E-state index < -0.39 is 10.1 Å². The van der Waals surface area contributed by atoms with Crippen LogP contribution in [0.15, 0.2) is 29.2 Å². The summed E-state index contributed by atoms with van der Waals surface area (Å²) in [5.74, 6) is 0. The van der Waals surface area contributed by atoms with Crippen LogP contribution in [-0.2, 0) is 14.3 Å². The zero-order valence-electron chi connectivity index (χ0n) is 8.30. The largest absolute Gasteiger partial charge is 0.314 e. The molecule has 0 heterocycles. The van der Waals surface area contributed by atoms with E-state index in [4.69, 9.17) is 6.57 Å². The van der Waals surface area contributed by atoms with Crippen molar-refractivity contribution in [3.8, 4) is 0 Å². The minimum Gasteiger partial charge on any atom is -0.314 e. The summed E-state index contributed by atoms with van der Waals surface area (Å²) in [5, 5.41) is 0. The number of hydrogen-bond donors (Lipinski definition) is 0. The maximum Gasteiger partial charge on any atom is 0.297 e. The average Bonchev–Trinajstić information content (AvgIpc) is 2.18. The van der Waals surface area contributed by atoms with Gasteiger partial charge >= 0.3 is 0 Å². The van der Waals surface area contributed by atoms with Crippen LogP contribution in [0.1, 0.15) is 5.56 Å². The van der Waals surface area contributed by atoms with Gasteiger partial charge in [-0.05, 0) is 19.1 Å². The topological polar surface area (TPSA) is 47.7 Å². The van der Waals surface area contributed by atoms with Crippen molar-refractivity contribution >= 4 is 10.1 Å². The Morgan fingerprint density at radius 2 is 1.93 bits per heavy atom. The standard InChI is InChI=1S/C10H11NO3S/c1-9-3-5-10(6-4-9)15(12,13)14-8-7-11-2/h3-6H,7-8H2,1H3. The molecule has 0 amide bonds. The van der Waals surface area contributed by atoms with Gasteiger partial charge in [-0.15, -0.1) is 0 Å². The summed E-state index contributed by atoms with van der Waals surface area (Å²) in [7, 11) is -3.69. The first-order valence-electron chi connectivity index (χ1n) is 4.35. The molecule has 15 heavy (non-hydrogen) atoms. The number of nitrogens with zero attached hydrogens (tertiary/aromatic N) is 1. The molecule has 5 heteroatoms. The number of rotatable bonds is 4. The molecule has 0 aromatic heterocycles. The van der Waals surface area contributed by atoms with Crippen LogP contribution >= 0.6 is 0 Å². The SMILES string of the molecule is [C-]#[N+]CCOS(=O)(=O)c1ccc(C)cc1. The lowest BCUT2D eigenvalue weighted by Gasteiger charge is -2.02. The maximum atomic E-state index is 11.5. The van der Waals surface area contributed by atoms with Crippen LogP contribution in [0.25, 0.3) is 4.85 Å². The molecule has 0 radical (unpaired) electrons. The third-order valence-electron chi connectivity index (χ3n) is 1.75. The molecule has 0 aliphatic carbocycles. The van der Waals surface area contributed by atoms with Gasteiger partial charge in [0, 0.05) is 0 Å². The normalized spacial score (nSPS) is 10.9. The molecule has 0 bridgehead atoms. The Bertz CT molecular complexity index is 456. The van der Waals surface area contributed by atoms with Crippen LogP contribution < -0.4 is 0 Å². The lowest BCUT2D eigenvalue weighted by Crippen LogP contribution is -2.08. The van der Waals surface area contributed by atoms with Crippen LogP contribution in [-0.4, -0.2) is 21.6 Å². The summed E-state index contributed by atoms with van der Waals surface area (Å²) in [6.07, 6.45) is 0. The molecule has 0 saturated carbocycles. The highest BCUT2D eigenvalue weighted by Crippen LogP contribution is 2.12. The van der Waals surface area contributed by atoms with Gasteiger partial charge in [0.25, 0.3) is 10.1 Å². The van der Waals surface area contributed by atoms with E-state index in [-0.39, 0.29) is 18.0 Å². The Morgan fingerprint density at radius 1 is 1.33 bits per heavy atom. The predicted octanol–water partition coefficient (Wildman–Crippen LogP) is 1.62. The van der Waals surface area contributed by atoms with Crippen LogP contribution in [0, 0.1) is 13.5 Å². The fourth-order valence-electron chi connectivity index (χ4n) is 0.966. The smallest absolute Gasteiger partial charge is 0.297 e. The Kier molecular flexibility index (Phi) is 3.83. The highest BCUT2D eigenvalue weighted by Gasteiger charge is 2.14. The van der Waals surface area contributed by atoms with Crippen LogP contribution in [0.2, 0.25) is 0 Å². The van der Waals surface area contributed by atoms with Gasteiger partial charge in [0.2, 0.25) is 6.54 Å². The molecule has 0 saturated heterocycles. The summed E-state index contributed by atoms with van der Waals surface area (Å²) in [6.45, 7) is 8.31. The Labute approximate surface area is 89.4 Å². The Hall–Kier alpha value is -1.38. The van der Waals surface area contributed by atoms with Crippen molar-refractivity contribution in [1.29, 1.82) is 0 Å². The second-order valence-electron chi connectivity index (χ2n) is 2.97. The molecule has 1 rings (SSSR count). The molecule has 1 aromatic rings. The molecular weight excluding hydrogens is 214 g/mol. The average molecular weight is 225 g/mol. The van der Waals surface area contributed by atoms with E-state index in [1.54, 1.807) is 12.1 Å². The molecule has 4 nitrogen and oxygen atoms in total. The molecule has 0 atom stereocenters. The van der Waals surface area contributed by atoms with E-state index in [0.29, 0.717) is 0 Å². The van der Waals surface area contributed by atoms with Gasteiger partial charge in [0.15, 0.2) is 0 Å². The molecule has 80 valence electrons. The first-order valence-corrected chi connectivity index (χ1v) is 5.76. The summed E-state index contributed by atoms with van der Waals surface area (Å²) in [6, 6.07) is 6.38.